The van der Waals surface area contributed by atoms with Crippen molar-refractivity contribution in [3.05, 3.63) is 53.2 Å². The summed E-state index contributed by atoms with van der Waals surface area (Å²) >= 11 is 0. The Morgan fingerprint density at radius 3 is 2.57 bits per heavy atom. The van der Waals surface area contributed by atoms with Gasteiger partial charge in [-0.3, -0.25) is 4.79 Å². The van der Waals surface area contributed by atoms with Crippen molar-refractivity contribution >= 4 is 5.91 Å². The van der Waals surface area contributed by atoms with Crippen LogP contribution < -0.4 is 15.8 Å². The molecule has 0 aliphatic heterocycles. The van der Waals surface area contributed by atoms with E-state index in [2.05, 4.69) is 29.4 Å². The van der Waals surface area contributed by atoms with Gasteiger partial charge in [0.15, 0.2) is 0 Å². The van der Waals surface area contributed by atoms with Gasteiger partial charge in [-0.2, -0.15) is 0 Å². The van der Waals surface area contributed by atoms with Crippen LogP contribution in [0.5, 0.6) is 11.6 Å². The van der Waals surface area contributed by atoms with E-state index in [1.807, 2.05) is 6.07 Å². The second kappa shape index (κ2) is 11.7. The molecule has 5 heteroatoms. The normalized spacial score (nSPS) is 15.2. The van der Waals surface area contributed by atoms with Crippen molar-refractivity contribution < 1.29 is 9.53 Å². The van der Waals surface area contributed by atoms with Gasteiger partial charge in [0.2, 0.25) is 11.8 Å². The number of primary amides is 1. The molecule has 1 aromatic carbocycles. The summed E-state index contributed by atoms with van der Waals surface area (Å²) in [5.41, 5.74) is 8.35. The molecule has 0 bridgehead atoms. The van der Waals surface area contributed by atoms with E-state index in [0.29, 0.717) is 17.5 Å². The summed E-state index contributed by atoms with van der Waals surface area (Å²) in [6.45, 7) is 3.36. The molecule has 1 amide bonds. The monoisotopic (exact) mass is 409 g/mol. The number of aromatic nitrogens is 1. The smallest absolute Gasteiger partial charge is 0.250 e. The van der Waals surface area contributed by atoms with Gasteiger partial charge in [0.25, 0.3) is 0 Å². The number of rotatable bonds is 13. The molecule has 3 rings (SSSR count). The number of pyridine rings is 1. The molecule has 1 aromatic heterocycles. The molecule has 30 heavy (non-hydrogen) atoms. The van der Waals surface area contributed by atoms with Crippen LogP contribution in [0.15, 0.2) is 36.5 Å². The first kappa shape index (κ1) is 22.3. The van der Waals surface area contributed by atoms with Crippen LogP contribution in [0.4, 0.5) is 0 Å². The van der Waals surface area contributed by atoms with E-state index >= 15 is 0 Å². The van der Waals surface area contributed by atoms with Crippen LogP contribution in [-0.2, 0) is 6.42 Å². The molecular formula is C25H35N3O2. The van der Waals surface area contributed by atoms with Crippen LogP contribution in [0.2, 0.25) is 0 Å². The number of amides is 1. The number of benzene rings is 1. The van der Waals surface area contributed by atoms with E-state index in [9.17, 15) is 4.79 Å². The number of hydrogen-bond donors (Lipinski definition) is 2. The Balaban J connectivity index is 1.41. The Kier molecular flexibility index (Phi) is 8.69. The van der Waals surface area contributed by atoms with Gasteiger partial charge in [-0.15, -0.1) is 0 Å². The van der Waals surface area contributed by atoms with E-state index < -0.39 is 5.91 Å². The number of nitrogens with one attached hydrogen (secondary N) is 1. The Morgan fingerprint density at radius 1 is 1.10 bits per heavy atom. The van der Waals surface area contributed by atoms with Crippen molar-refractivity contribution in [3.63, 3.8) is 0 Å². The van der Waals surface area contributed by atoms with Crippen molar-refractivity contribution in [1.29, 1.82) is 0 Å². The average molecular weight is 410 g/mol. The number of carbonyl (C=O) groups excluding carboxylic acids is 1. The Hall–Kier alpha value is -2.40. The average Bonchev–Trinajstić information content (AvgIpc) is 3.15. The molecule has 1 unspecified atom stereocenters. The summed E-state index contributed by atoms with van der Waals surface area (Å²) in [6.07, 6.45) is 14.5. The van der Waals surface area contributed by atoms with Gasteiger partial charge in [0.1, 0.15) is 5.75 Å². The fourth-order valence-electron chi connectivity index (χ4n) is 4.11. The molecule has 162 valence electrons. The van der Waals surface area contributed by atoms with Gasteiger partial charge in [-0.1, -0.05) is 57.9 Å². The van der Waals surface area contributed by atoms with Crippen LogP contribution in [-0.4, -0.2) is 17.4 Å². The minimum atomic E-state index is -0.489. The lowest BCUT2D eigenvalue weighted by Crippen LogP contribution is -2.20. The van der Waals surface area contributed by atoms with Gasteiger partial charge in [-0.05, 0) is 55.1 Å². The van der Waals surface area contributed by atoms with Crippen LogP contribution in [0.3, 0.4) is 0 Å². The number of aryl methyl sites for hydroxylation is 1. The zero-order chi connectivity index (χ0) is 21.2. The molecule has 2 aromatic rings. The first-order chi connectivity index (χ1) is 14.7. The van der Waals surface area contributed by atoms with Crippen LogP contribution >= 0.6 is 0 Å². The number of carbonyl (C=O) groups is 1. The van der Waals surface area contributed by atoms with Gasteiger partial charge in [0, 0.05) is 18.3 Å². The highest BCUT2D eigenvalue weighted by atomic mass is 16.5. The third-order valence-electron chi connectivity index (χ3n) is 5.86. The van der Waals surface area contributed by atoms with Crippen LogP contribution in [0.1, 0.15) is 92.2 Å². The van der Waals surface area contributed by atoms with Crippen LogP contribution in [0, 0.1) is 0 Å². The molecule has 1 atom stereocenters. The number of nitrogens with two attached hydrogens (primary N) is 1. The minimum Gasteiger partial charge on any atom is -0.439 e. The van der Waals surface area contributed by atoms with E-state index in [-0.39, 0.29) is 0 Å². The first-order valence-electron chi connectivity index (χ1n) is 11.5. The molecule has 5 nitrogen and oxygen atoms in total. The topological polar surface area (TPSA) is 77.2 Å². The van der Waals surface area contributed by atoms with Gasteiger partial charge >= 0.3 is 0 Å². The molecule has 1 aliphatic carbocycles. The third kappa shape index (κ3) is 6.56. The predicted molar refractivity (Wildman–Crippen MR) is 121 cm³/mol. The highest BCUT2D eigenvalue weighted by Crippen LogP contribution is 2.34. The largest absolute Gasteiger partial charge is 0.439 e. The zero-order valence-corrected chi connectivity index (χ0v) is 18.2. The number of ether oxygens (including phenoxy) is 1. The predicted octanol–water partition coefficient (Wildman–Crippen LogP) is 5.69. The second-order valence-electron chi connectivity index (χ2n) is 8.23. The van der Waals surface area contributed by atoms with Crippen molar-refractivity contribution in [2.45, 2.75) is 77.2 Å². The van der Waals surface area contributed by atoms with Crippen molar-refractivity contribution in [1.82, 2.24) is 10.3 Å². The molecule has 3 N–H and O–H groups in total. The lowest BCUT2D eigenvalue weighted by molar-refractivity contribution is 0.1000. The summed E-state index contributed by atoms with van der Waals surface area (Å²) in [5, 5.41) is 3.74. The molecule has 0 radical (unpaired) electrons. The lowest BCUT2D eigenvalue weighted by atomic mass is 10.1. The summed E-state index contributed by atoms with van der Waals surface area (Å²) in [6, 6.07) is 10.0. The molecule has 1 heterocycles. The minimum absolute atomic E-state index is 0.377. The maximum Gasteiger partial charge on any atom is 0.250 e. The third-order valence-corrected chi connectivity index (χ3v) is 5.86. The first-order valence-corrected chi connectivity index (χ1v) is 11.5. The maximum atomic E-state index is 11.1. The lowest BCUT2D eigenvalue weighted by Gasteiger charge is -2.14. The second-order valence-corrected chi connectivity index (χ2v) is 8.23. The van der Waals surface area contributed by atoms with E-state index in [1.54, 1.807) is 12.1 Å². The van der Waals surface area contributed by atoms with Gasteiger partial charge in [-0.25, -0.2) is 4.98 Å². The fraction of sp³-hybridized carbons (Fsp3) is 0.520. The van der Waals surface area contributed by atoms with Crippen LogP contribution in [0.25, 0.3) is 0 Å². The Labute approximate surface area is 180 Å². The quantitative estimate of drug-likeness (QED) is 0.417. The summed E-state index contributed by atoms with van der Waals surface area (Å²) in [4.78, 5) is 15.3. The molecule has 0 saturated heterocycles. The van der Waals surface area contributed by atoms with E-state index in [1.165, 1.54) is 68.7 Å². The number of nitrogens with zero attached hydrogens (tertiary/aromatic N) is 1. The summed E-state index contributed by atoms with van der Waals surface area (Å²) < 4.78 is 5.85. The van der Waals surface area contributed by atoms with E-state index in [4.69, 9.17) is 10.5 Å². The number of fused-ring (bicyclic) bond motifs is 1. The highest BCUT2D eigenvalue weighted by Gasteiger charge is 2.22. The summed E-state index contributed by atoms with van der Waals surface area (Å²) in [5.74, 6) is 0.746. The number of hydrogen-bond acceptors (Lipinski definition) is 4. The maximum absolute atomic E-state index is 11.1. The fourth-order valence-corrected chi connectivity index (χ4v) is 4.11. The zero-order valence-electron chi connectivity index (χ0n) is 18.2. The van der Waals surface area contributed by atoms with Gasteiger partial charge in [0.05, 0.1) is 5.56 Å². The highest BCUT2D eigenvalue weighted by molar-refractivity contribution is 5.92. The standard InChI is InChI=1S/C25H35N3O2/c1-2-3-4-5-6-7-8-9-16-27-23-14-10-19-17-21(12-13-22(19)23)30-24-15-11-20(18-28-24)25(26)29/h11-13,15,17-18,23,27H,2-10,14,16H2,1H3,(H2,26,29). The Bertz CT molecular complexity index is 805. The SMILES string of the molecule is CCCCCCCCCCNC1CCc2cc(Oc3ccc(C(N)=O)cn3)ccc21. The van der Waals surface area contributed by atoms with Crippen molar-refractivity contribution in [3.8, 4) is 11.6 Å². The molecule has 0 spiro atoms. The van der Waals surface area contributed by atoms with Crippen molar-refractivity contribution in [2.75, 3.05) is 6.54 Å². The number of unbranched alkanes of at least 4 members (excludes halogenated alkanes) is 7. The van der Waals surface area contributed by atoms with Gasteiger partial charge < -0.3 is 15.8 Å². The molecule has 0 saturated carbocycles. The Morgan fingerprint density at radius 2 is 1.87 bits per heavy atom. The molecule has 0 fully saturated rings. The molecular weight excluding hydrogens is 374 g/mol. The summed E-state index contributed by atoms with van der Waals surface area (Å²) in [7, 11) is 0. The van der Waals surface area contributed by atoms with Crippen molar-refractivity contribution in [2.24, 2.45) is 5.73 Å². The van der Waals surface area contributed by atoms with E-state index in [0.717, 1.165) is 25.1 Å². The molecule has 1 aliphatic rings.